The fraction of sp³-hybridized carbons (Fsp3) is 0.538. The number of carbonyl (C=O) groups excluding carboxylic acids is 1. The molecule has 0 aliphatic rings. The molecule has 1 aromatic heterocycles. The minimum atomic E-state index is -0.785. The van der Waals surface area contributed by atoms with E-state index in [2.05, 4.69) is 20.6 Å². The van der Waals surface area contributed by atoms with Gasteiger partial charge in [0.15, 0.2) is 0 Å². The summed E-state index contributed by atoms with van der Waals surface area (Å²) >= 11 is 0. The standard InChI is InChI=1S/C13H20N4O3/c1-9(12(18)19)4-3-5-10(2)16-13(20)17-11-6-14-8-15-7-11/h6-10H,3-5H2,1-2H3,(H,18,19)(H2,16,17,20). The van der Waals surface area contributed by atoms with E-state index in [1.807, 2.05) is 6.92 Å². The Morgan fingerprint density at radius 3 is 2.50 bits per heavy atom. The van der Waals surface area contributed by atoms with E-state index in [1.54, 1.807) is 6.92 Å². The van der Waals surface area contributed by atoms with Gasteiger partial charge in [-0.2, -0.15) is 0 Å². The van der Waals surface area contributed by atoms with E-state index in [0.29, 0.717) is 12.1 Å². The number of carbonyl (C=O) groups is 2. The first-order chi connectivity index (χ1) is 9.49. The Morgan fingerprint density at radius 1 is 1.25 bits per heavy atom. The van der Waals surface area contributed by atoms with Gasteiger partial charge in [-0.05, 0) is 19.8 Å². The normalized spacial score (nSPS) is 13.3. The number of carboxylic acid groups (broad SMARTS) is 1. The molecule has 110 valence electrons. The van der Waals surface area contributed by atoms with E-state index < -0.39 is 5.97 Å². The van der Waals surface area contributed by atoms with Crippen LogP contribution in [0.1, 0.15) is 33.1 Å². The maximum Gasteiger partial charge on any atom is 0.319 e. The molecule has 20 heavy (non-hydrogen) atoms. The predicted octanol–water partition coefficient (Wildman–Crippen LogP) is 1.88. The highest BCUT2D eigenvalue weighted by Crippen LogP contribution is 2.09. The predicted molar refractivity (Wildman–Crippen MR) is 74.3 cm³/mol. The lowest BCUT2D eigenvalue weighted by Crippen LogP contribution is -2.36. The third-order valence-electron chi connectivity index (χ3n) is 2.89. The topological polar surface area (TPSA) is 104 Å². The maximum absolute atomic E-state index is 11.7. The first-order valence-corrected chi connectivity index (χ1v) is 6.54. The van der Waals surface area contributed by atoms with Gasteiger partial charge in [0.2, 0.25) is 0 Å². The van der Waals surface area contributed by atoms with Gasteiger partial charge in [0.25, 0.3) is 0 Å². The van der Waals surface area contributed by atoms with Crippen LogP contribution in [0.3, 0.4) is 0 Å². The van der Waals surface area contributed by atoms with E-state index in [-0.39, 0.29) is 18.0 Å². The van der Waals surface area contributed by atoms with E-state index >= 15 is 0 Å². The molecule has 2 unspecified atom stereocenters. The van der Waals surface area contributed by atoms with E-state index in [4.69, 9.17) is 5.11 Å². The lowest BCUT2D eigenvalue weighted by molar-refractivity contribution is -0.141. The molecule has 0 fully saturated rings. The molecule has 7 nitrogen and oxygen atoms in total. The van der Waals surface area contributed by atoms with Crippen molar-refractivity contribution in [2.45, 2.75) is 39.2 Å². The second-order valence-electron chi connectivity index (χ2n) is 4.80. The maximum atomic E-state index is 11.7. The van der Waals surface area contributed by atoms with Gasteiger partial charge in [0.1, 0.15) is 6.33 Å². The summed E-state index contributed by atoms with van der Waals surface area (Å²) in [5.74, 6) is -1.13. The van der Waals surface area contributed by atoms with Crippen molar-refractivity contribution in [1.82, 2.24) is 15.3 Å². The number of carboxylic acids is 1. The number of anilines is 1. The Morgan fingerprint density at radius 2 is 1.90 bits per heavy atom. The molecule has 0 radical (unpaired) electrons. The lowest BCUT2D eigenvalue weighted by Gasteiger charge is -2.15. The van der Waals surface area contributed by atoms with Crippen LogP contribution in [-0.4, -0.2) is 33.1 Å². The van der Waals surface area contributed by atoms with E-state index in [0.717, 1.165) is 12.8 Å². The molecule has 0 saturated carbocycles. The van der Waals surface area contributed by atoms with Gasteiger partial charge < -0.3 is 15.7 Å². The smallest absolute Gasteiger partial charge is 0.319 e. The summed E-state index contributed by atoms with van der Waals surface area (Å²) in [6.07, 6.45) is 6.49. The monoisotopic (exact) mass is 280 g/mol. The zero-order valence-electron chi connectivity index (χ0n) is 11.7. The molecule has 0 aliphatic heterocycles. The summed E-state index contributed by atoms with van der Waals surface area (Å²) in [4.78, 5) is 29.9. The van der Waals surface area contributed by atoms with Gasteiger partial charge >= 0.3 is 12.0 Å². The van der Waals surface area contributed by atoms with Crippen LogP contribution in [0.25, 0.3) is 0 Å². The number of hydrogen-bond donors (Lipinski definition) is 3. The van der Waals surface area contributed by atoms with Crippen molar-refractivity contribution in [3.8, 4) is 0 Å². The number of amides is 2. The van der Waals surface area contributed by atoms with Crippen LogP contribution in [0.4, 0.5) is 10.5 Å². The number of aromatic nitrogens is 2. The van der Waals surface area contributed by atoms with Crippen LogP contribution in [-0.2, 0) is 4.79 Å². The summed E-state index contributed by atoms with van der Waals surface area (Å²) in [6, 6.07) is -0.348. The summed E-state index contributed by atoms with van der Waals surface area (Å²) in [5, 5.41) is 14.2. The van der Waals surface area contributed by atoms with Gasteiger partial charge in [0, 0.05) is 6.04 Å². The van der Waals surface area contributed by atoms with Gasteiger partial charge in [-0.15, -0.1) is 0 Å². The third kappa shape index (κ3) is 6.12. The molecular formula is C13H20N4O3. The van der Waals surface area contributed by atoms with Crippen molar-refractivity contribution in [2.75, 3.05) is 5.32 Å². The Hall–Kier alpha value is -2.18. The highest BCUT2D eigenvalue weighted by molar-refractivity contribution is 5.88. The number of nitrogens with zero attached hydrogens (tertiary/aromatic N) is 2. The summed E-state index contributed by atoms with van der Waals surface area (Å²) in [6.45, 7) is 3.56. The molecule has 1 aromatic rings. The number of urea groups is 1. The van der Waals surface area contributed by atoms with Crippen molar-refractivity contribution >= 4 is 17.7 Å². The Labute approximate surface area is 117 Å². The van der Waals surface area contributed by atoms with Crippen molar-refractivity contribution in [3.63, 3.8) is 0 Å². The lowest BCUT2D eigenvalue weighted by atomic mass is 10.0. The van der Waals surface area contributed by atoms with Gasteiger partial charge in [-0.1, -0.05) is 13.3 Å². The molecule has 0 spiro atoms. The number of aliphatic carboxylic acids is 1. The SMILES string of the molecule is CC(CCCC(C)C(=O)O)NC(=O)Nc1cncnc1. The fourth-order valence-electron chi connectivity index (χ4n) is 1.68. The minimum absolute atomic E-state index is 0.0272. The number of rotatable bonds is 7. The molecule has 0 aromatic carbocycles. The van der Waals surface area contributed by atoms with Crippen LogP contribution in [0.15, 0.2) is 18.7 Å². The van der Waals surface area contributed by atoms with Crippen molar-refractivity contribution in [1.29, 1.82) is 0 Å². The molecular weight excluding hydrogens is 260 g/mol. The second-order valence-corrected chi connectivity index (χ2v) is 4.80. The second kappa shape index (κ2) is 8.08. The molecule has 3 N–H and O–H groups in total. The molecule has 0 bridgehead atoms. The van der Waals surface area contributed by atoms with Crippen LogP contribution < -0.4 is 10.6 Å². The van der Waals surface area contributed by atoms with Crippen LogP contribution in [0.5, 0.6) is 0 Å². The van der Waals surface area contributed by atoms with Gasteiger partial charge in [0.05, 0.1) is 24.0 Å². The third-order valence-corrected chi connectivity index (χ3v) is 2.89. The first kappa shape index (κ1) is 15.9. The van der Waals surface area contributed by atoms with Crippen LogP contribution in [0, 0.1) is 5.92 Å². The fourth-order valence-corrected chi connectivity index (χ4v) is 1.68. The zero-order chi connectivity index (χ0) is 15.0. The molecule has 2 atom stereocenters. The highest BCUT2D eigenvalue weighted by atomic mass is 16.4. The van der Waals surface area contributed by atoms with Gasteiger partial charge in [-0.25, -0.2) is 14.8 Å². The molecule has 0 aliphatic carbocycles. The molecule has 7 heteroatoms. The summed E-state index contributed by atoms with van der Waals surface area (Å²) in [7, 11) is 0. The van der Waals surface area contributed by atoms with Crippen molar-refractivity contribution in [3.05, 3.63) is 18.7 Å². The zero-order valence-corrected chi connectivity index (χ0v) is 11.7. The average molecular weight is 280 g/mol. The van der Waals surface area contributed by atoms with Crippen LogP contribution in [0.2, 0.25) is 0 Å². The molecule has 1 heterocycles. The van der Waals surface area contributed by atoms with E-state index in [9.17, 15) is 9.59 Å². The first-order valence-electron chi connectivity index (χ1n) is 6.54. The van der Waals surface area contributed by atoms with Crippen molar-refractivity contribution < 1.29 is 14.7 Å². The molecule has 1 rings (SSSR count). The highest BCUT2D eigenvalue weighted by Gasteiger charge is 2.12. The molecule has 0 saturated heterocycles. The Bertz CT molecular complexity index is 439. The minimum Gasteiger partial charge on any atom is -0.481 e. The van der Waals surface area contributed by atoms with E-state index in [1.165, 1.54) is 18.7 Å². The Balaban J connectivity index is 2.23. The van der Waals surface area contributed by atoms with Crippen LogP contribution >= 0.6 is 0 Å². The molecule has 2 amide bonds. The summed E-state index contributed by atoms with van der Waals surface area (Å²) in [5.41, 5.74) is 0.525. The van der Waals surface area contributed by atoms with Gasteiger partial charge in [-0.3, -0.25) is 4.79 Å². The Kier molecular flexibility index (Phi) is 6.42. The largest absolute Gasteiger partial charge is 0.481 e. The van der Waals surface area contributed by atoms with Crippen molar-refractivity contribution in [2.24, 2.45) is 5.92 Å². The summed E-state index contributed by atoms with van der Waals surface area (Å²) < 4.78 is 0. The average Bonchev–Trinajstić information content (AvgIpc) is 2.39. The number of hydrogen-bond acceptors (Lipinski definition) is 4. The quantitative estimate of drug-likeness (QED) is 0.707. The number of nitrogens with one attached hydrogen (secondary N) is 2.